The van der Waals surface area contributed by atoms with E-state index in [1.807, 2.05) is 0 Å². The standard InChI is InChI=1S/C14H19ClN4O5/c1-5-24-13(22)19-11(16-9(20)7-23-4)8-6-18(12(15)21)14(2,3)10(8)17-19/h5-7H2,1-4H3,(H,16,20). The Bertz CT molecular complexity index is 685. The van der Waals surface area contributed by atoms with Gasteiger partial charge < -0.3 is 19.7 Å². The van der Waals surface area contributed by atoms with Gasteiger partial charge in [0.25, 0.3) is 5.91 Å². The normalized spacial score (nSPS) is 15.1. The van der Waals surface area contributed by atoms with Crippen LogP contribution in [0.5, 0.6) is 0 Å². The third kappa shape index (κ3) is 3.09. The number of rotatable bonds is 4. The molecule has 132 valence electrons. The Morgan fingerprint density at radius 1 is 1.38 bits per heavy atom. The highest BCUT2D eigenvalue weighted by Crippen LogP contribution is 2.42. The van der Waals surface area contributed by atoms with Gasteiger partial charge in [-0.1, -0.05) is 0 Å². The van der Waals surface area contributed by atoms with Gasteiger partial charge in [0.1, 0.15) is 12.4 Å². The van der Waals surface area contributed by atoms with Crippen LogP contribution in [0.3, 0.4) is 0 Å². The molecule has 0 bridgehead atoms. The van der Waals surface area contributed by atoms with Crippen molar-refractivity contribution in [1.82, 2.24) is 14.7 Å². The van der Waals surface area contributed by atoms with Crippen LogP contribution in [0, 0.1) is 0 Å². The number of nitrogens with zero attached hydrogens (tertiary/aromatic N) is 3. The Hall–Kier alpha value is -2.13. The lowest BCUT2D eigenvalue weighted by Gasteiger charge is -2.29. The van der Waals surface area contributed by atoms with Crippen LogP contribution < -0.4 is 5.32 Å². The van der Waals surface area contributed by atoms with Gasteiger partial charge in [0, 0.05) is 12.7 Å². The second-order valence-electron chi connectivity index (χ2n) is 5.67. The number of halogens is 1. The summed E-state index contributed by atoms with van der Waals surface area (Å²) in [4.78, 5) is 37.0. The van der Waals surface area contributed by atoms with Gasteiger partial charge in [0.05, 0.1) is 24.4 Å². The van der Waals surface area contributed by atoms with E-state index in [1.54, 1.807) is 20.8 Å². The first-order valence-corrected chi connectivity index (χ1v) is 7.67. The number of carbonyl (C=O) groups excluding carboxylic acids is 3. The Balaban J connectivity index is 2.49. The minimum Gasteiger partial charge on any atom is -0.448 e. The number of carbonyl (C=O) groups is 3. The smallest absolute Gasteiger partial charge is 0.436 e. The summed E-state index contributed by atoms with van der Waals surface area (Å²) < 4.78 is 10.7. The molecule has 0 saturated carbocycles. The summed E-state index contributed by atoms with van der Waals surface area (Å²) in [6.07, 6.45) is -0.723. The molecule has 0 saturated heterocycles. The second kappa shape index (κ2) is 6.78. The Morgan fingerprint density at radius 3 is 2.58 bits per heavy atom. The first-order chi connectivity index (χ1) is 11.2. The minimum absolute atomic E-state index is 0.118. The van der Waals surface area contributed by atoms with E-state index >= 15 is 0 Å². The lowest BCUT2D eigenvalue weighted by molar-refractivity contribution is -0.119. The number of anilines is 1. The van der Waals surface area contributed by atoms with E-state index in [9.17, 15) is 14.4 Å². The third-order valence-electron chi connectivity index (χ3n) is 3.74. The van der Waals surface area contributed by atoms with Crippen LogP contribution in [-0.4, -0.2) is 52.4 Å². The molecule has 0 radical (unpaired) electrons. The van der Waals surface area contributed by atoms with E-state index < -0.39 is 22.9 Å². The fourth-order valence-electron chi connectivity index (χ4n) is 2.60. The third-order valence-corrected chi connectivity index (χ3v) is 3.94. The molecule has 0 aromatic carbocycles. The lowest BCUT2D eigenvalue weighted by Crippen LogP contribution is -2.38. The number of hydrogen-bond acceptors (Lipinski definition) is 6. The quantitative estimate of drug-likeness (QED) is 0.651. The van der Waals surface area contributed by atoms with Crippen molar-refractivity contribution in [1.29, 1.82) is 0 Å². The summed E-state index contributed by atoms with van der Waals surface area (Å²) in [6, 6.07) is 0. The van der Waals surface area contributed by atoms with E-state index in [4.69, 9.17) is 21.1 Å². The van der Waals surface area contributed by atoms with Crippen molar-refractivity contribution in [2.45, 2.75) is 32.9 Å². The largest absolute Gasteiger partial charge is 0.448 e. The van der Waals surface area contributed by atoms with Crippen molar-refractivity contribution < 1.29 is 23.9 Å². The SMILES string of the molecule is CCOC(=O)n1nc2c(c1NC(=O)COC)CN(C(=O)Cl)C2(C)C. The lowest BCUT2D eigenvalue weighted by atomic mass is 10.0. The number of amides is 2. The van der Waals surface area contributed by atoms with Crippen LogP contribution in [-0.2, 0) is 26.4 Å². The number of ether oxygens (including phenoxy) is 2. The van der Waals surface area contributed by atoms with Crippen molar-refractivity contribution in [3.63, 3.8) is 0 Å². The average molecular weight is 359 g/mol. The molecule has 0 spiro atoms. The molecule has 1 aliphatic heterocycles. The molecule has 9 nitrogen and oxygen atoms in total. The number of aromatic nitrogens is 2. The zero-order valence-corrected chi connectivity index (χ0v) is 14.6. The molecule has 2 amide bonds. The van der Waals surface area contributed by atoms with Gasteiger partial charge in [-0.15, -0.1) is 4.68 Å². The first kappa shape index (κ1) is 18.2. The highest BCUT2D eigenvalue weighted by atomic mass is 35.5. The summed E-state index contributed by atoms with van der Waals surface area (Å²) >= 11 is 5.63. The highest BCUT2D eigenvalue weighted by Gasteiger charge is 2.45. The average Bonchev–Trinajstić information content (AvgIpc) is 2.95. The van der Waals surface area contributed by atoms with Crippen molar-refractivity contribution in [3.05, 3.63) is 11.3 Å². The molecule has 24 heavy (non-hydrogen) atoms. The molecule has 10 heteroatoms. The molecular weight excluding hydrogens is 340 g/mol. The zero-order chi connectivity index (χ0) is 18.1. The molecule has 2 heterocycles. The van der Waals surface area contributed by atoms with Crippen LogP contribution >= 0.6 is 11.6 Å². The highest BCUT2D eigenvalue weighted by molar-refractivity contribution is 6.62. The number of methoxy groups -OCH3 is 1. The van der Waals surface area contributed by atoms with Gasteiger partial charge in [0.2, 0.25) is 0 Å². The van der Waals surface area contributed by atoms with Gasteiger partial charge in [-0.05, 0) is 32.4 Å². The van der Waals surface area contributed by atoms with Gasteiger partial charge in [-0.2, -0.15) is 5.10 Å². The van der Waals surface area contributed by atoms with Crippen LogP contribution in [0.15, 0.2) is 0 Å². The number of fused-ring (bicyclic) bond motifs is 1. The molecule has 0 unspecified atom stereocenters. The maximum Gasteiger partial charge on any atom is 0.436 e. The van der Waals surface area contributed by atoms with Gasteiger partial charge >= 0.3 is 11.5 Å². The topological polar surface area (TPSA) is 103 Å². The summed E-state index contributed by atoms with van der Waals surface area (Å²) in [5.41, 5.74) is 0.177. The molecule has 1 aromatic rings. The van der Waals surface area contributed by atoms with Crippen LogP contribution in [0.1, 0.15) is 32.0 Å². The summed E-state index contributed by atoms with van der Waals surface area (Å²) in [5.74, 6) is -0.307. The Kier molecular flexibility index (Phi) is 5.14. The van der Waals surface area contributed by atoms with Gasteiger partial charge in [-0.3, -0.25) is 9.59 Å². The van der Waals surface area contributed by atoms with Crippen LogP contribution in [0.2, 0.25) is 0 Å². The van der Waals surface area contributed by atoms with E-state index in [0.29, 0.717) is 11.3 Å². The van der Waals surface area contributed by atoms with E-state index in [2.05, 4.69) is 10.4 Å². The predicted octanol–water partition coefficient (Wildman–Crippen LogP) is 1.88. The fourth-order valence-corrected chi connectivity index (χ4v) is 2.87. The monoisotopic (exact) mass is 358 g/mol. The van der Waals surface area contributed by atoms with E-state index in [0.717, 1.165) is 4.68 Å². The molecule has 2 rings (SSSR count). The molecule has 1 N–H and O–H groups in total. The first-order valence-electron chi connectivity index (χ1n) is 7.29. The summed E-state index contributed by atoms with van der Waals surface area (Å²) in [5, 5.41) is 6.18. The molecule has 1 aliphatic rings. The maximum atomic E-state index is 12.1. The van der Waals surface area contributed by atoms with Crippen LogP contribution in [0.4, 0.5) is 15.4 Å². The molecule has 0 atom stereocenters. The van der Waals surface area contributed by atoms with Crippen molar-refractivity contribution >= 4 is 34.8 Å². The summed E-state index contributed by atoms with van der Waals surface area (Å²) in [6.45, 7) is 5.25. The van der Waals surface area contributed by atoms with Gasteiger partial charge in [0.15, 0.2) is 0 Å². The minimum atomic E-state index is -0.827. The molecule has 0 fully saturated rings. The van der Waals surface area contributed by atoms with Crippen molar-refractivity contribution in [3.8, 4) is 0 Å². The van der Waals surface area contributed by atoms with Crippen molar-refractivity contribution in [2.75, 3.05) is 25.6 Å². The predicted molar refractivity (Wildman–Crippen MR) is 85.0 cm³/mol. The zero-order valence-electron chi connectivity index (χ0n) is 13.9. The molecular formula is C14H19ClN4O5. The van der Waals surface area contributed by atoms with E-state index in [-0.39, 0.29) is 25.6 Å². The molecule has 1 aromatic heterocycles. The van der Waals surface area contributed by atoms with Crippen LogP contribution in [0.25, 0.3) is 0 Å². The maximum absolute atomic E-state index is 12.1. The van der Waals surface area contributed by atoms with E-state index in [1.165, 1.54) is 12.0 Å². The fraction of sp³-hybridized carbons (Fsp3) is 0.571. The second-order valence-corrected chi connectivity index (χ2v) is 5.99. The Morgan fingerprint density at radius 2 is 2.04 bits per heavy atom. The summed E-state index contributed by atoms with van der Waals surface area (Å²) in [7, 11) is 1.38. The number of hydrogen-bond donors (Lipinski definition) is 1. The number of nitrogens with one attached hydrogen (secondary N) is 1. The Labute approximate surface area is 143 Å². The van der Waals surface area contributed by atoms with Crippen molar-refractivity contribution in [2.24, 2.45) is 0 Å². The molecule has 0 aliphatic carbocycles. The van der Waals surface area contributed by atoms with Gasteiger partial charge in [-0.25, -0.2) is 4.79 Å².